The first-order valence-electron chi connectivity index (χ1n) is 5.71. The Kier molecular flexibility index (Phi) is 4.10. The molecule has 0 aliphatic carbocycles. The molecule has 0 unspecified atom stereocenters. The van der Waals surface area contributed by atoms with E-state index in [1.807, 2.05) is 0 Å². The monoisotopic (exact) mass is 326 g/mol. The number of aryl methyl sites for hydroxylation is 1. The van der Waals surface area contributed by atoms with Crippen molar-refractivity contribution in [3.63, 3.8) is 0 Å². The first kappa shape index (κ1) is 15.2. The third kappa shape index (κ3) is 3.29. The number of anilines is 1. The molecule has 21 heavy (non-hydrogen) atoms. The summed E-state index contributed by atoms with van der Waals surface area (Å²) in [4.78, 5) is 18.7. The summed E-state index contributed by atoms with van der Waals surface area (Å²) in [7, 11) is -3.95. The molecule has 1 aromatic heterocycles. The maximum absolute atomic E-state index is 12.3. The van der Waals surface area contributed by atoms with E-state index in [9.17, 15) is 13.2 Å². The molecule has 9 heteroatoms. The normalized spacial score (nSPS) is 11.1. The molecule has 0 saturated heterocycles. The number of carbonyl (C=O) groups excluding carboxylic acids is 1. The number of nitrogens with two attached hydrogens (primary N) is 1. The zero-order valence-corrected chi connectivity index (χ0v) is 12.4. The van der Waals surface area contributed by atoms with Gasteiger partial charge in [-0.15, -0.1) is 0 Å². The molecule has 0 aliphatic heterocycles. The van der Waals surface area contributed by atoms with Gasteiger partial charge in [-0.05, 0) is 24.6 Å². The lowest BCUT2D eigenvalue weighted by molar-refractivity contribution is 0.0999. The van der Waals surface area contributed by atoms with Crippen LogP contribution in [0.15, 0.2) is 35.5 Å². The van der Waals surface area contributed by atoms with Crippen molar-refractivity contribution in [3.8, 4) is 0 Å². The summed E-state index contributed by atoms with van der Waals surface area (Å²) in [6, 6.07) is 4.05. The molecule has 110 valence electrons. The number of halogens is 1. The highest BCUT2D eigenvalue weighted by molar-refractivity contribution is 7.92. The Morgan fingerprint density at radius 2 is 1.95 bits per heavy atom. The molecule has 0 saturated carbocycles. The van der Waals surface area contributed by atoms with Crippen LogP contribution in [0.5, 0.6) is 0 Å². The lowest BCUT2D eigenvalue weighted by Crippen LogP contribution is -2.17. The Hall–Kier alpha value is -2.19. The number of rotatable bonds is 4. The highest BCUT2D eigenvalue weighted by Crippen LogP contribution is 2.21. The number of benzene rings is 1. The van der Waals surface area contributed by atoms with Crippen LogP contribution in [0.3, 0.4) is 0 Å². The van der Waals surface area contributed by atoms with E-state index in [0.29, 0.717) is 5.56 Å². The molecule has 1 aromatic carbocycles. The summed E-state index contributed by atoms with van der Waals surface area (Å²) in [5.74, 6) is -0.803. The minimum absolute atomic E-state index is 0.0803. The van der Waals surface area contributed by atoms with Crippen LogP contribution in [-0.2, 0) is 10.0 Å². The van der Waals surface area contributed by atoms with E-state index in [1.54, 1.807) is 6.92 Å². The van der Waals surface area contributed by atoms with E-state index in [-0.39, 0.29) is 21.4 Å². The average Bonchev–Trinajstić information content (AvgIpc) is 2.41. The molecular formula is C12H11ClN4O3S. The van der Waals surface area contributed by atoms with Gasteiger partial charge < -0.3 is 5.73 Å². The summed E-state index contributed by atoms with van der Waals surface area (Å²) < 4.78 is 26.7. The van der Waals surface area contributed by atoms with E-state index in [0.717, 1.165) is 0 Å². The smallest absolute Gasteiger partial charge is 0.263 e. The number of nitrogens with one attached hydrogen (secondary N) is 1. The molecule has 1 heterocycles. The van der Waals surface area contributed by atoms with Gasteiger partial charge in [-0.3, -0.25) is 9.52 Å². The molecule has 7 nitrogen and oxygen atoms in total. The van der Waals surface area contributed by atoms with Gasteiger partial charge in [-0.25, -0.2) is 18.4 Å². The van der Waals surface area contributed by atoms with Crippen LogP contribution in [0.4, 0.5) is 5.82 Å². The zero-order valence-electron chi connectivity index (χ0n) is 10.9. The van der Waals surface area contributed by atoms with Crippen molar-refractivity contribution >= 4 is 33.3 Å². The van der Waals surface area contributed by atoms with Crippen LogP contribution in [0, 0.1) is 6.92 Å². The van der Waals surface area contributed by atoms with E-state index in [2.05, 4.69) is 14.7 Å². The summed E-state index contributed by atoms with van der Waals surface area (Å²) in [6.07, 6.45) is 2.63. The predicted molar refractivity (Wildman–Crippen MR) is 77.5 cm³/mol. The predicted octanol–water partition coefficient (Wildman–Crippen LogP) is 1.34. The number of hydrogen-bond donors (Lipinski definition) is 2. The van der Waals surface area contributed by atoms with Crippen LogP contribution in [0.2, 0.25) is 5.15 Å². The minimum Gasteiger partial charge on any atom is -0.366 e. The zero-order chi connectivity index (χ0) is 15.6. The van der Waals surface area contributed by atoms with Gasteiger partial charge in [0.25, 0.3) is 10.0 Å². The highest BCUT2D eigenvalue weighted by Gasteiger charge is 2.19. The van der Waals surface area contributed by atoms with E-state index in [4.69, 9.17) is 17.3 Å². The summed E-state index contributed by atoms with van der Waals surface area (Å²) in [6.45, 7) is 1.66. The highest BCUT2D eigenvalue weighted by atomic mass is 35.5. The fourth-order valence-electron chi connectivity index (χ4n) is 1.61. The quantitative estimate of drug-likeness (QED) is 0.879. The molecule has 0 fully saturated rings. The van der Waals surface area contributed by atoms with Gasteiger partial charge in [-0.1, -0.05) is 17.7 Å². The van der Waals surface area contributed by atoms with Crippen molar-refractivity contribution in [2.75, 3.05) is 4.72 Å². The second-order valence-electron chi connectivity index (χ2n) is 4.14. The van der Waals surface area contributed by atoms with Gasteiger partial charge in [0.05, 0.1) is 4.90 Å². The van der Waals surface area contributed by atoms with Crippen molar-refractivity contribution in [3.05, 3.63) is 46.9 Å². The molecule has 0 radical (unpaired) electrons. The molecule has 0 atom stereocenters. The Labute approximate surface area is 126 Å². The van der Waals surface area contributed by atoms with Crippen LogP contribution in [0.1, 0.15) is 15.9 Å². The standard InChI is InChI=1S/C12H11ClN4O3S/c1-7-2-3-8(6-9(7)11(14)18)21(19,20)17-12-10(13)15-4-5-16-12/h2-6H,1H3,(H2,14,18)(H,16,17). The van der Waals surface area contributed by atoms with E-state index in [1.165, 1.54) is 30.6 Å². The maximum atomic E-state index is 12.3. The number of amides is 1. The van der Waals surface area contributed by atoms with Crippen molar-refractivity contribution in [1.82, 2.24) is 9.97 Å². The van der Waals surface area contributed by atoms with Crippen molar-refractivity contribution in [2.24, 2.45) is 5.73 Å². The Morgan fingerprint density at radius 1 is 1.29 bits per heavy atom. The maximum Gasteiger partial charge on any atom is 0.263 e. The van der Waals surface area contributed by atoms with Crippen LogP contribution in [-0.4, -0.2) is 24.3 Å². The third-order valence-corrected chi connectivity index (χ3v) is 4.28. The van der Waals surface area contributed by atoms with Crippen molar-refractivity contribution in [1.29, 1.82) is 0 Å². The number of primary amides is 1. The number of nitrogens with zero attached hydrogens (tertiary/aromatic N) is 2. The number of sulfonamides is 1. The Bertz CT molecular complexity index is 808. The summed E-state index contributed by atoms with van der Waals surface area (Å²) in [5.41, 5.74) is 5.92. The van der Waals surface area contributed by atoms with Gasteiger partial charge >= 0.3 is 0 Å². The van der Waals surface area contributed by atoms with Crippen LogP contribution in [0.25, 0.3) is 0 Å². The van der Waals surface area contributed by atoms with Crippen LogP contribution >= 0.6 is 11.6 Å². The van der Waals surface area contributed by atoms with Crippen LogP contribution < -0.4 is 10.5 Å². The van der Waals surface area contributed by atoms with Gasteiger partial charge in [0.1, 0.15) is 0 Å². The molecule has 1 amide bonds. The van der Waals surface area contributed by atoms with Gasteiger partial charge in [0, 0.05) is 18.0 Å². The second-order valence-corrected chi connectivity index (χ2v) is 6.18. The number of hydrogen-bond acceptors (Lipinski definition) is 5. The molecule has 0 aliphatic rings. The van der Waals surface area contributed by atoms with Gasteiger partial charge in [0.15, 0.2) is 11.0 Å². The molecule has 0 bridgehead atoms. The first-order chi connectivity index (χ1) is 9.81. The van der Waals surface area contributed by atoms with E-state index >= 15 is 0 Å². The molecule has 3 N–H and O–H groups in total. The molecule has 2 aromatic rings. The van der Waals surface area contributed by atoms with E-state index < -0.39 is 15.9 Å². The third-order valence-electron chi connectivity index (χ3n) is 2.67. The Morgan fingerprint density at radius 3 is 2.57 bits per heavy atom. The fraction of sp³-hybridized carbons (Fsp3) is 0.0833. The SMILES string of the molecule is Cc1ccc(S(=O)(=O)Nc2nccnc2Cl)cc1C(N)=O. The van der Waals surface area contributed by atoms with Crippen molar-refractivity contribution < 1.29 is 13.2 Å². The minimum atomic E-state index is -3.95. The number of carbonyl (C=O) groups is 1. The lowest BCUT2D eigenvalue weighted by atomic mass is 10.1. The van der Waals surface area contributed by atoms with Gasteiger partial charge in [-0.2, -0.15) is 0 Å². The lowest BCUT2D eigenvalue weighted by Gasteiger charge is -2.09. The first-order valence-corrected chi connectivity index (χ1v) is 7.57. The van der Waals surface area contributed by atoms with Crippen molar-refractivity contribution in [2.45, 2.75) is 11.8 Å². The summed E-state index contributed by atoms with van der Waals surface area (Å²) in [5, 5.41) is -0.0803. The second kappa shape index (κ2) is 5.66. The molecule has 2 rings (SSSR count). The summed E-state index contributed by atoms with van der Waals surface area (Å²) >= 11 is 5.75. The number of aromatic nitrogens is 2. The average molecular weight is 327 g/mol. The topological polar surface area (TPSA) is 115 Å². The molecular weight excluding hydrogens is 316 g/mol. The Balaban J connectivity index is 2.43. The fourth-order valence-corrected chi connectivity index (χ4v) is 2.86. The largest absolute Gasteiger partial charge is 0.366 e. The van der Waals surface area contributed by atoms with Gasteiger partial charge in [0.2, 0.25) is 5.91 Å². The molecule has 0 spiro atoms.